The first-order valence-corrected chi connectivity index (χ1v) is 4.35. The summed E-state index contributed by atoms with van der Waals surface area (Å²) in [5.41, 5.74) is 3.54. The van der Waals surface area contributed by atoms with Crippen LogP contribution < -0.4 is 4.74 Å². The summed E-state index contributed by atoms with van der Waals surface area (Å²) < 4.78 is 5.24. The van der Waals surface area contributed by atoms with E-state index < -0.39 is 0 Å². The molecule has 0 aliphatic rings. The van der Waals surface area contributed by atoms with Gasteiger partial charge in [-0.3, -0.25) is 0 Å². The average molecular weight is 175 g/mol. The predicted octanol–water partition coefficient (Wildman–Crippen LogP) is 2.79. The molecule has 2 nitrogen and oxygen atoms in total. The fourth-order valence-electron chi connectivity index (χ4n) is 1.69. The number of aromatic nitrogens is 1. The third kappa shape index (κ3) is 1.18. The topological polar surface area (TPSA) is 25.0 Å². The van der Waals surface area contributed by atoms with Crippen LogP contribution in [-0.4, -0.2) is 12.1 Å². The Kier molecular flexibility index (Phi) is 1.76. The predicted molar refractivity (Wildman–Crippen MR) is 54.3 cm³/mol. The van der Waals surface area contributed by atoms with E-state index in [0.29, 0.717) is 0 Å². The number of hydrogen-bond acceptors (Lipinski definition) is 1. The Morgan fingerprint density at radius 3 is 2.69 bits per heavy atom. The molecule has 2 rings (SSSR count). The maximum atomic E-state index is 5.24. The van der Waals surface area contributed by atoms with Crippen LogP contribution in [0.15, 0.2) is 18.2 Å². The molecule has 0 atom stereocenters. The third-order valence-electron chi connectivity index (χ3n) is 2.36. The molecule has 0 spiro atoms. The smallest absolute Gasteiger partial charge is 0.123 e. The normalized spacial score (nSPS) is 10.7. The number of rotatable bonds is 1. The molecule has 0 fully saturated rings. The molecule has 0 radical (unpaired) electrons. The van der Waals surface area contributed by atoms with Gasteiger partial charge in [0.15, 0.2) is 0 Å². The molecule has 2 aromatic rings. The fraction of sp³-hybridized carbons (Fsp3) is 0.273. The number of methoxy groups -OCH3 is 1. The van der Waals surface area contributed by atoms with Gasteiger partial charge in [0.2, 0.25) is 0 Å². The minimum Gasteiger partial charge on any atom is -0.496 e. The van der Waals surface area contributed by atoms with E-state index in [1.54, 1.807) is 7.11 Å². The van der Waals surface area contributed by atoms with Gasteiger partial charge < -0.3 is 9.72 Å². The van der Waals surface area contributed by atoms with Crippen molar-refractivity contribution < 1.29 is 4.74 Å². The molecule has 68 valence electrons. The second-order valence-corrected chi connectivity index (χ2v) is 3.31. The number of benzene rings is 1. The molecular formula is C11H13NO. The Balaban J connectivity index is 2.78. The molecule has 0 amide bonds. The Morgan fingerprint density at radius 1 is 1.23 bits per heavy atom. The molecule has 1 aromatic heterocycles. The Labute approximate surface area is 77.5 Å². The molecular weight excluding hydrogens is 162 g/mol. The van der Waals surface area contributed by atoms with Gasteiger partial charge in [-0.1, -0.05) is 0 Å². The lowest BCUT2D eigenvalue weighted by molar-refractivity contribution is 0.412. The maximum Gasteiger partial charge on any atom is 0.123 e. The van der Waals surface area contributed by atoms with Crippen molar-refractivity contribution >= 4 is 10.9 Å². The zero-order valence-electron chi connectivity index (χ0n) is 8.14. The lowest BCUT2D eigenvalue weighted by atomic mass is 10.1. The van der Waals surface area contributed by atoms with Crippen molar-refractivity contribution in [2.24, 2.45) is 0 Å². The fourth-order valence-corrected chi connectivity index (χ4v) is 1.69. The number of aromatic amines is 1. The van der Waals surface area contributed by atoms with E-state index >= 15 is 0 Å². The summed E-state index contributed by atoms with van der Waals surface area (Å²) in [5.74, 6) is 0.939. The van der Waals surface area contributed by atoms with Crippen LogP contribution in [0.25, 0.3) is 10.9 Å². The zero-order valence-corrected chi connectivity index (χ0v) is 8.14. The van der Waals surface area contributed by atoms with Gasteiger partial charge in [-0.25, -0.2) is 0 Å². The van der Waals surface area contributed by atoms with Crippen molar-refractivity contribution in [3.63, 3.8) is 0 Å². The molecule has 0 aliphatic heterocycles. The first kappa shape index (κ1) is 8.17. The Morgan fingerprint density at radius 2 is 2.00 bits per heavy atom. The highest BCUT2D eigenvalue weighted by atomic mass is 16.5. The van der Waals surface area contributed by atoms with Crippen LogP contribution in [0.5, 0.6) is 5.75 Å². The number of hydrogen-bond donors (Lipinski definition) is 1. The SMILES string of the molecule is COc1ccc2cc(C)[nH]c2c1C. The largest absolute Gasteiger partial charge is 0.496 e. The van der Waals surface area contributed by atoms with Crippen LogP contribution in [0.3, 0.4) is 0 Å². The summed E-state index contributed by atoms with van der Waals surface area (Å²) in [4.78, 5) is 3.32. The van der Waals surface area contributed by atoms with Gasteiger partial charge in [-0.2, -0.15) is 0 Å². The van der Waals surface area contributed by atoms with Crippen molar-refractivity contribution in [3.05, 3.63) is 29.5 Å². The number of fused-ring (bicyclic) bond motifs is 1. The van der Waals surface area contributed by atoms with E-state index in [0.717, 1.165) is 5.75 Å². The molecule has 0 bridgehead atoms. The van der Waals surface area contributed by atoms with Gasteiger partial charge in [0, 0.05) is 16.6 Å². The first-order chi connectivity index (χ1) is 6.22. The van der Waals surface area contributed by atoms with E-state index in [1.165, 1.54) is 22.2 Å². The highest BCUT2D eigenvalue weighted by Crippen LogP contribution is 2.26. The molecule has 0 unspecified atom stereocenters. The highest BCUT2D eigenvalue weighted by molar-refractivity contribution is 5.85. The molecule has 0 aliphatic carbocycles. The van der Waals surface area contributed by atoms with Crippen LogP contribution in [0, 0.1) is 13.8 Å². The van der Waals surface area contributed by atoms with Gasteiger partial charge in [0.1, 0.15) is 5.75 Å². The summed E-state index contributed by atoms with van der Waals surface area (Å²) in [6.07, 6.45) is 0. The summed E-state index contributed by atoms with van der Waals surface area (Å²) in [6, 6.07) is 6.22. The van der Waals surface area contributed by atoms with Gasteiger partial charge in [0.05, 0.1) is 12.6 Å². The van der Waals surface area contributed by atoms with E-state index in [4.69, 9.17) is 4.74 Å². The zero-order chi connectivity index (χ0) is 9.42. The van der Waals surface area contributed by atoms with Crippen LogP contribution in [-0.2, 0) is 0 Å². The quantitative estimate of drug-likeness (QED) is 0.708. The van der Waals surface area contributed by atoms with Crippen molar-refractivity contribution in [1.29, 1.82) is 0 Å². The monoisotopic (exact) mass is 175 g/mol. The molecule has 0 saturated carbocycles. The average Bonchev–Trinajstić information content (AvgIpc) is 2.47. The van der Waals surface area contributed by atoms with Crippen molar-refractivity contribution in [1.82, 2.24) is 4.98 Å². The number of H-pyrrole nitrogens is 1. The second-order valence-electron chi connectivity index (χ2n) is 3.31. The molecule has 1 heterocycles. The van der Waals surface area contributed by atoms with Crippen molar-refractivity contribution in [2.45, 2.75) is 13.8 Å². The molecule has 13 heavy (non-hydrogen) atoms. The van der Waals surface area contributed by atoms with Gasteiger partial charge in [-0.05, 0) is 32.0 Å². The minimum atomic E-state index is 0.939. The Bertz CT molecular complexity index is 443. The van der Waals surface area contributed by atoms with E-state index in [1.807, 2.05) is 6.07 Å². The molecule has 2 heteroatoms. The number of ether oxygens (including phenoxy) is 1. The van der Waals surface area contributed by atoms with Crippen LogP contribution in [0.2, 0.25) is 0 Å². The van der Waals surface area contributed by atoms with Crippen molar-refractivity contribution in [2.75, 3.05) is 7.11 Å². The molecule has 1 N–H and O–H groups in total. The van der Waals surface area contributed by atoms with Crippen molar-refractivity contribution in [3.8, 4) is 5.75 Å². The maximum absolute atomic E-state index is 5.24. The Hall–Kier alpha value is -1.44. The van der Waals surface area contributed by atoms with Gasteiger partial charge >= 0.3 is 0 Å². The second kappa shape index (κ2) is 2.80. The van der Waals surface area contributed by atoms with Gasteiger partial charge in [-0.15, -0.1) is 0 Å². The summed E-state index contributed by atoms with van der Waals surface area (Å²) in [7, 11) is 1.70. The summed E-state index contributed by atoms with van der Waals surface area (Å²) in [5, 5.41) is 1.25. The van der Waals surface area contributed by atoms with E-state index in [9.17, 15) is 0 Å². The molecule has 1 aromatic carbocycles. The lowest BCUT2D eigenvalue weighted by Crippen LogP contribution is -1.87. The third-order valence-corrected chi connectivity index (χ3v) is 2.36. The number of nitrogens with one attached hydrogen (secondary N) is 1. The lowest BCUT2D eigenvalue weighted by Gasteiger charge is -2.04. The standard InChI is InChI=1S/C11H13NO/c1-7-6-9-4-5-10(13-3)8(2)11(9)12-7/h4-6,12H,1-3H3. The molecule has 0 saturated heterocycles. The number of aryl methyl sites for hydroxylation is 2. The summed E-state index contributed by atoms with van der Waals surface area (Å²) in [6.45, 7) is 4.13. The highest BCUT2D eigenvalue weighted by Gasteiger charge is 2.04. The van der Waals surface area contributed by atoms with Crippen LogP contribution in [0.4, 0.5) is 0 Å². The van der Waals surface area contributed by atoms with Crippen LogP contribution in [0.1, 0.15) is 11.3 Å². The first-order valence-electron chi connectivity index (χ1n) is 4.35. The van der Waals surface area contributed by atoms with Gasteiger partial charge in [0.25, 0.3) is 0 Å². The summed E-state index contributed by atoms with van der Waals surface area (Å²) >= 11 is 0. The van der Waals surface area contributed by atoms with E-state index in [2.05, 4.69) is 31.0 Å². The minimum absolute atomic E-state index is 0.939. The van der Waals surface area contributed by atoms with Crippen LogP contribution >= 0.6 is 0 Å². The van der Waals surface area contributed by atoms with E-state index in [-0.39, 0.29) is 0 Å².